The van der Waals surface area contributed by atoms with Gasteiger partial charge in [0.25, 0.3) is 0 Å². The third-order valence-corrected chi connectivity index (χ3v) is 16.2. The Morgan fingerprint density at radius 1 is 0.571 bits per heavy atom. The van der Waals surface area contributed by atoms with E-state index in [1.54, 1.807) is 28.4 Å². The maximum absolute atomic E-state index is 10.6. The lowest BCUT2D eigenvalue weighted by Crippen LogP contribution is -2.36. The van der Waals surface area contributed by atoms with E-state index in [0.717, 1.165) is 85.7 Å². The third-order valence-electron chi connectivity index (χ3n) is 13.3. The minimum atomic E-state index is 0.0587. The van der Waals surface area contributed by atoms with E-state index in [-0.39, 0.29) is 10.8 Å². The zero-order valence-electron chi connectivity index (χ0n) is 39.9. The zero-order valence-corrected chi connectivity index (χ0v) is 41.5. The second kappa shape index (κ2) is 27.0. The number of unbranched alkanes of at least 4 members (excludes halogenated alkanes) is 6. The van der Waals surface area contributed by atoms with Gasteiger partial charge in [0.15, 0.2) is 0 Å². The van der Waals surface area contributed by atoms with Gasteiger partial charge in [-0.2, -0.15) is 0 Å². The molecule has 0 aliphatic carbocycles. The Balaban J connectivity index is 0.000000240. The van der Waals surface area contributed by atoms with Crippen LogP contribution in [0.1, 0.15) is 133 Å². The molecule has 0 bridgehead atoms. The predicted octanol–water partition coefficient (Wildman–Crippen LogP) is 13.1. The number of carbonyl (C=O) groups excluding carboxylic acids is 1. The van der Waals surface area contributed by atoms with Gasteiger partial charge in [0.1, 0.15) is 29.3 Å². The maximum atomic E-state index is 10.6. The lowest BCUT2D eigenvalue weighted by atomic mass is 9.68. The number of fused-ring (bicyclic) bond motifs is 2. The number of hydrogen-bond donors (Lipinski definition) is 1. The largest absolute Gasteiger partial charge is 0.497 e. The van der Waals surface area contributed by atoms with Crippen LogP contribution in [0.3, 0.4) is 0 Å². The van der Waals surface area contributed by atoms with Crippen molar-refractivity contribution in [3.63, 3.8) is 0 Å². The average molecular weight is 900 g/mol. The Bertz CT molecular complexity index is 1910. The van der Waals surface area contributed by atoms with E-state index in [9.17, 15) is 4.79 Å². The van der Waals surface area contributed by atoms with Crippen molar-refractivity contribution in [1.82, 2.24) is 4.90 Å². The van der Waals surface area contributed by atoms with Crippen LogP contribution in [0.25, 0.3) is 0 Å². The van der Waals surface area contributed by atoms with Crippen molar-refractivity contribution < 1.29 is 28.8 Å². The highest BCUT2D eigenvalue weighted by Gasteiger charge is 2.42. The molecule has 0 fully saturated rings. The molecule has 4 unspecified atom stereocenters. The van der Waals surface area contributed by atoms with Gasteiger partial charge in [-0.3, -0.25) is 0 Å². The van der Waals surface area contributed by atoms with Gasteiger partial charge in [0, 0.05) is 45.2 Å². The molecule has 2 heterocycles. The lowest BCUT2D eigenvalue weighted by molar-refractivity contribution is -0.107. The second-order valence-electron chi connectivity index (χ2n) is 17.1. The molecule has 6 rings (SSSR count). The average Bonchev–Trinajstić information content (AvgIpc) is 3.33. The summed E-state index contributed by atoms with van der Waals surface area (Å²) in [5.74, 6) is 6.66. The molecule has 63 heavy (non-hydrogen) atoms. The van der Waals surface area contributed by atoms with Crippen LogP contribution in [0.2, 0.25) is 0 Å². The van der Waals surface area contributed by atoms with Crippen molar-refractivity contribution in [2.45, 2.75) is 131 Å². The summed E-state index contributed by atoms with van der Waals surface area (Å²) < 4.78 is 21.6. The number of carbonyl (C=O) groups is 1. The molecule has 4 aromatic carbocycles. The number of aldehydes is 1. The Kier molecular flexibility index (Phi) is 22.3. The Hall–Kier alpha value is -3.63. The molecule has 7 nitrogen and oxygen atoms in total. The van der Waals surface area contributed by atoms with E-state index >= 15 is 0 Å². The van der Waals surface area contributed by atoms with Gasteiger partial charge < -0.3 is 33.7 Å². The van der Waals surface area contributed by atoms with E-state index in [2.05, 4.69) is 124 Å². The van der Waals surface area contributed by atoms with Crippen LogP contribution >= 0.6 is 23.5 Å². The highest BCUT2D eigenvalue weighted by Crippen LogP contribution is 2.54. The van der Waals surface area contributed by atoms with Crippen molar-refractivity contribution in [2.75, 3.05) is 66.2 Å². The molecular weight excluding hydrogens is 823 g/mol. The molecule has 4 atom stereocenters. The fourth-order valence-electron chi connectivity index (χ4n) is 9.15. The first-order valence-corrected chi connectivity index (χ1v) is 25.2. The normalized spacial score (nSPS) is 19.9. The minimum Gasteiger partial charge on any atom is -0.497 e. The number of aliphatic hydroxyl groups is 1. The van der Waals surface area contributed by atoms with Crippen LogP contribution in [0, 0.1) is 0 Å². The standard InChI is InChI=1S/C24H32O3S.C24H30O3S.C6H15N/c2*1-24(18-9-11-19(26-2)12-10-18)17-28-23-16-20(27-3)13-14-21(23)22(24)8-6-4-5-7-15-25;1-4-7(5-2)6-3/h9-14,16,22,25H,4-8,15,17H2,1-3H3;9-16,22H,4-8,17H2,1-3H3;4-6H2,1-3H3. The molecule has 2 aliphatic heterocycles. The predicted molar refractivity (Wildman–Crippen MR) is 266 cm³/mol. The molecule has 0 aromatic heterocycles. The number of methoxy groups -OCH3 is 4. The molecule has 0 spiro atoms. The topological polar surface area (TPSA) is 77.5 Å². The Morgan fingerprint density at radius 3 is 1.30 bits per heavy atom. The number of ether oxygens (including phenoxy) is 4. The zero-order chi connectivity index (χ0) is 45.7. The van der Waals surface area contributed by atoms with Gasteiger partial charge in [-0.05, 0) is 128 Å². The smallest absolute Gasteiger partial charge is 0.119 e. The van der Waals surface area contributed by atoms with Crippen LogP contribution in [-0.4, -0.2) is 82.5 Å². The molecule has 346 valence electrons. The first-order valence-electron chi connectivity index (χ1n) is 23.3. The first-order chi connectivity index (χ1) is 30.6. The molecule has 0 saturated carbocycles. The quantitative estimate of drug-likeness (QED) is 0.0650. The second-order valence-corrected chi connectivity index (χ2v) is 19.2. The summed E-state index contributed by atoms with van der Waals surface area (Å²) in [6.07, 6.45) is 11.6. The van der Waals surface area contributed by atoms with Crippen molar-refractivity contribution >= 4 is 29.8 Å². The molecule has 0 amide bonds. The van der Waals surface area contributed by atoms with E-state index in [0.29, 0.717) is 24.9 Å². The van der Waals surface area contributed by atoms with Crippen molar-refractivity contribution in [3.8, 4) is 23.0 Å². The van der Waals surface area contributed by atoms with Crippen LogP contribution in [-0.2, 0) is 15.6 Å². The van der Waals surface area contributed by atoms with Crippen LogP contribution in [0.5, 0.6) is 23.0 Å². The molecule has 9 heteroatoms. The van der Waals surface area contributed by atoms with Gasteiger partial charge in [-0.25, -0.2) is 0 Å². The summed E-state index contributed by atoms with van der Waals surface area (Å²) in [7, 11) is 6.88. The van der Waals surface area contributed by atoms with E-state index in [1.165, 1.54) is 64.5 Å². The lowest BCUT2D eigenvalue weighted by Gasteiger charge is -2.43. The first kappa shape index (κ1) is 52.0. The van der Waals surface area contributed by atoms with Crippen molar-refractivity contribution in [2.24, 2.45) is 0 Å². The summed E-state index contributed by atoms with van der Waals surface area (Å²) in [5, 5.41) is 9.04. The fourth-order valence-corrected chi connectivity index (χ4v) is 11.9. The van der Waals surface area contributed by atoms with Gasteiger partial charge >= 0.3 is 0 Å². The van der Waals surface area contributed by atoms with Gasteiger partial charge in [-0.1, -0.05) is 103 Å². The molecule has 1 N–H and O–H groups in total. The summed E-state index contributed by atoms with van der Waals surface area (Å²) in [6, 6.07) is 30.2. The van der Waals surface area contributed by atoms with Crippen molar-refractivity contribution in [1.29, 1.82) is 0 Å². The van der Waals surface area contributed by atoms with Crippen LogP contribution in [0.15, 0.2) is 94.7 Å². The minimum absolute atomic E-state index is 0.0587. The summed E-state index contributed by atoms with van der Waals surface area (Å²) in [6.45, 7) is 15.2. The number of aliphatic hydroxyl groups excluding tert-OH is 1. The number of nitrogens with zero attached hydrogens (tertiary/aromatic N) is 1. The third kappa shape index (κ3) is 14.2. The monoisotopic (exact) mass is 900 g/mol. The summed E-state index contributed by atoms with van der Waals surface area (Å²) in [4.78, 5) is 15.7. The van der Waals surface area contributed by atoms with E-state index in [1.807, 2.05) is 23.5 Å². The number of benzene rings is 4. The maximum Gasteiger partial charge on any atom is 0.119 e. The summed E-state index contributed by atoms with van der Waals surface area (Å²) in [5.41, 5.74) is 5.74. The Labute approximate surface area is 389 Å². The molecule has 0 radical (unpaired) electrons. The number of rotatable bonds is 21. The van der Waals surface area contributed by atoms with Gasteiger partial charge in [0.05, 0.1) is 28.4 Å². The highest BCUT2D eigenvalue weighted by molar-refractivity contribution is 7.99. The van der Waals surface area contributed by atoms with Crippen molar-refractivity contribution in [3.05, 3.63) is 107 Å². The molecule has 0 saturated heterocycles. The van der Waals surface area contributed by atoms with Crippen LogP contribution < -0.4 is 18.9 Å². The molecule has 2 aliphatic rings. The number of hydrogen-bond acceptors (Lipinski definition) is 9. The molecule has 4 aromatic rings. The van der Waals surface area contributed by atoms with E-state index in [4.69, 9.17) is 24.1 Å². The highest BCUT2D eigenvalue weighted by atomic mass is 32.2. The van der Waals surface area contributed by atoms with Crippen LogP contribution in [0.4, 0.5) is 0 Å². The SMILES string of the molecule is CCN(CC)CC.COc1ccc(C2(C)CSc3cc(OC)ccc3C2CCCCCC=O)cc1.COc1ccc(C2(C)CSc3cc(OC)ccc3C2CCCCCCO)cc1. The molecular formula is C54H77NO6S2. The van der Waals surface area contributed by atoms with E-state index < -0.39 is 0 Å². The van der Waals surface area contributed by atoms with Gasteiger partial charge in [0.2, 0.25) is 0 Å². The summed E-state index contributed by atoms with van der Waals surface area (Å²) >= 11 is 3.86. The Morgan fingerprint density at radius 2 is 0.952 bits per heavy atom. The fraction of sp³-hybridized carbons (Fsp3) is 0.537. The number of thioether (sulfide) groups is 2. The van der Waals surface area contributed by atoms with Gasteiger partial charge in [-0.15, -0.1) is 23.5 Å².